The van der Waals surface area contributed by atoms with Gasteiger partial charge in [-0.15, -0.1) is 30.5 Å². The predicted molar refractivity (Wildman–Crippen MR) is 105 cm³/mol. The van der Waals surface area contributed by atoms with Crippen LogP contribution in [0.3, 0.4) is 0 Å². The molecule has 0 aliphatic heterocycles. The van der Waals surface area contributed by atoms with Gasteiger partial charge in [-0.05, 0) is 42.3 Å². The smallest absolute Gasteiger partial charge is 0.116 e. The highest BCUT2D eigenvalue weighted by Gasteiger charge is 2.08. The molecule has 0 aliphatic carbocycles. The lowest BCUT2D eigenvalue weighted by Crippen LogP contribution is -2.21. The molecule has 0 heterocycles. The van der Waals surface area contributed by atoms with Crippen molar-refractivity contribution < 1.29 is 10.4 Å². The van der Waals surface area contributed by atoms with Gasteiger partial charge in [0.25, 0.3) is 0 Å². The van der Waals surface area contributed by atoms with Crippen LogP contribution in [-0.2, 0) is 6.54 Å². The molecule has 0 spiro atoms. The molecule has 7 heteroatoms. The largest absolute Gasteiger partial charge is 0.354 e. The van der Waals surface area contributed by atoms with Crippen LogP contribution in [-0.4, -0.2) is 27.9 Å². The van der Waals surface area contributed by atoms with E-state index in [1.165, 1.54) is 0 Å². The Labute approximate surface area is 153 Å². The van der Waals surface area contributed by atoms with Crippen LogP contribution in [0.1, 0.15) is 18.1 Å². The zero-order valence-corrected chi connectivity index (χ0v) is 15.3. The van der Waals surface area contributed by atoms with Crippen molar-refractivity contribution >= 4 is 42.3 Å². The van der Waals surface area contributed by atoms with Crippen LogP contribution in [0.15, 0.2) is 53.5 Å². The Bertz CT molecular complexity index is 720. The standard InChI is InChI=1S/C17H21N3O2S2/c1-12(14-6-4-7-15(10-14)19(2)17(23)24)18-11-13-5-3-8-16(9-13)20(21)22/h3-10,17,21-24H,11H2,1-2H3. The van der Waals surface area contributed by atoms with Gasteiger partial charge >= 0.3 is 0 Å². The van der Waals surface area contributed by atoms with E-state index in [1.807, 2.05) is 49.2 Å². The lowest BCUT2D eigenvalue weighted by atomic mass is 10.1. The molecule has 0 radical (unpaired) electrons. The minimum atomic E-state index is -0.180. The molecule has 128 valence electrons. The number of hydrogen-bond acceptors (Lipinski definition) is 7. The Balaban J connectivity index is 2.16. The Kier molecular flexibility index (Phi) is 6.56. The molecule has 0 amide bonds. The van der Waals surface area contributed by atoms with E-state index >= 15 is 0 Å². The van der Waals surface area contributed by atoms with Gasteiger partial charge < -0.3 is 4.90 Å². The monoisotopic (exact) mass is 363 g/mol. The van der Waals surface area contributed by atoms with Gasteiger partial charge in [0.15, 0.2) is 0 Å². The number of thiol groups is 2. The molecule has 0 saturated heterocycles. The first-order chi connectivity index (χ1) is 11.4. The van der Waals surface area contributed by atoms with Crippen LogP contribution in [0.25, 0.3) is 0 Å². The minimum absolute atomic E-state index is 0.102. The highest BCUT2D eigenvalue weighted by molar-refractivity contribution is 7.99. The van der Waals surface area contributed by atoms with Gasteiger partial charge in [-0.25, -0.2) is 0 Å². The van der Waals surface area contributed by atoms with Gasteiger partial charge in [0, 0.05) is 18.4 Å². The van der Waals surface area contributed by atoms with Gasteiger partial charge in [-0.3, -0.25) is 15.4 Å². The molecule has 5 nitrogen and oxygen atoms in total. The molecule has 0 bridgehead atoms. The molecule has 2 aromatic rings. The molecular formula is C17H21N3O2S2. The Morgan fingerprint density at radius 3 is 2.42 bits per heavy atom. The predicted octanol–water partition coefficient (Wildman–Crippen LogP) is 3.86. The summed E-state index contributed by atoms with van der Waals surface area (Å²) in [5.74, 6) is 0. The van der Waals surface area contributed by atoms with Gasteiger partial charge in [0.2, 0.25) is 0 Å². The van der Waals surface area contributed by atoms with Crippen LogP contribution in [0.2, 0.25) is 0 Å². The van der Waals surface area contributed by atoms with Gasteiger partial charge in [0.1, 0.15) is 4.71 Å². The quantitative estimate of drug-likeness (QED) is 0.272. The van der Waals surface area contributed by atoms with Crippen molar-refractivity contribution in [3.63, 3.8) is 0 Å². The Hall–Kier alpha value is -1.67. The summed E-state index contributed by atoms with van der Waals surface area (Å²) in [6.45, 7) is 2.40. The first-order valence-corrected chi connectivity index (χ1v) is 8.39. The third kappa shape index (κ3) is 4.91. The lowest BCUT2D eigenvalue weighted by molar-refractivity contribution is 0.0291. The first kappa shape index (κ1) is 18.7. The van der Waals surface area contributed by atoms with E-state index in [2.05, 4.69) is 30.2 Å². The number of hydrogen-bond donors (Lipinski definition) is 4. The maximum absolute atomic E-state index is 9.07. The average molecular weight is 364 g/mol. The minimum Gasteiger partial charge on any atom is -0.354 e. The first-order valence-electron chi connectivity index (χ1n) is 7.36. The van der Waals surface area contributed by atoms with Crippen molar-refractivity contribution in [3.8, 4) is 0 Å². The number of nitrogens with zero attached hydrogens (tertiary/aromatic N) is 3. The summed E-state index contributed by atoms with van der Waals surface area (Å²) in [5, 5.41) is 18.2. The third-order valence-electron chi connectivity index (χ3n) is 3.66. The number of anilines is 2. The molecule has 24 heavy (non-hydrogen) atoms. The number of benzene rings is 2. The molecule has 0 unspecified atom stereocenters. The molecule has 2 rings (SSSR count). The van der Waals surface area contributed by atoms with E-state index in [-0.39, 0.29) is 9.93 Å². The number of rotatable bonds is 6. The second kappa shape index (κ2) is 8.43. The highest BCUT2D eigenvalue weighted by Crippen LogP contribution is 2.21. The van der Waals surface area contributed by atoms with Gasteiger partial charge in [-0.1, -0.05) is 24.3 Å². The van der Waals surface area contributed by atoms with Crippen molar-refractivity contribution in [1.82, 2.24) is 0 Å². The van der Waals surface area contributed by atoms with Gasteiger partial charge in [-0.2, -0.15) is 0 Å². The summed E-state index contributed by atoms with van der Waals surface area (Å²) >= 11 is 8.64. The van der Waals surface area contributed by atoms with Crippen molar-refractivity contribution in [1.29, 1.82) is 0 Å². The normalized spacial score (nSPS) is 11.7. The molecule has 2 N–H and O–H groups in total. The van der Waals surface area contributed by atoms with E-state index in [0.717, 1.165) is 22.5 Å². The molecule has 0 fully saturated rings. The summed E-state index contributed by atoms with van der Waals surface area (Å²) < 4.78 is -0.180. The summed E-state index contributed by atoms with van der Waals surface area (Å²) in [6.07, 6.45) is 0. The lowest BCUT2D eigenvalue weighted by Gasteiger charge is -2.22. The van der Waals surface area contributed by atoms with Crippen molar-refractivity contribution in [2.45, 2.75) is 18.2 Å². The number of aliphatic imine (C=N–C) groups is 1. The topological polar surface area (TPSA) is 59.3 Å². The Morgan fingerprint density at radius 1 is 1.08 bits per heavy atom. The van der Waals surface area contributed by atoms with E-state index in [1.54, 1.807) is 18.2 Å². The summed E-state index contributed by atoms with van der Waals surface area (Å²) in [7, 11) is 1.93. The zero-order chi connectivity index (χ0) is 17.7. The fraction of sp³-hybridized carbons (Fsp3) is 0.235. The van der Waals surface area contributed by atoms with Crippen LogP contribution in [0.4, 0.5) is 11.4 Å². The second-order valence-corrected chi connectivity index (χ2v) is 6.75. The fourth-order valence-electron chi connectivity index (χ4n) is 2.16. The van der Waals surface area contributed by atoms with E-state index in [9.17, 15) is 0 Å². The summed E-state index contributed by atoms with van der Waals surface area (Å²) in [4.78, 5) is 6.54. The van der Waals surface area contributed by atoms with Crippen molar-refractivity contribution in [3.05, 3.63) is 59.7 Å². The average Bonchev–Trinajstić information content (AvgIpc) is 2.59. The summed E-state index contributed by atoms with van der Waals surface area (Å²) in [5.41, 5.74) is 4.12. The molecule has 0 atom stereocenters. The van der Waals surface area contributed by atoms with E-state index in [0.29, 0.717) is 12.2 Å². The molecule has 2 aromatic carbocycles. The molecule has 0 aromatic heterocycles. The molecule has 0 aliphatic rings. The maximum Gasteiger partial charge on any atom is 0.116 e. The van der Waals surface area contributed by atoms with E-state index < -0.39 is 0 Å². The third-order valence-corrected chi connectivity index (χ3v) is 4.35. The van der Waals surface area contributed by atoms with Crippen LogP contribution in [0, 0.1) is 0 Å². The zero-order valence-electron chi connectivity index (χ0n) is 13.5. The van der Waals surface area contributed by atoms with Crippen LogP contribution >= 0.6 is 25.3 Å². The summed E-state index contributed by atoms with van der Waals surface area (Å²) in [6, 6.07) is 14.9. The molecular weight excluding hydrogens is 342 g/mol. The Morgan fingerprint density at radius 2 is 1.75 bits per heavy atom. The van der Waals surface area contributed by atoms with Crippen LogP contribution in [0.5, 0.6) is 0 Å². The molecule has 0 saturated carbocycles. The van der Waals surface area contributed by atoms with Crippen molar-refractivity contribution in [2.24, 2.45) is 4.99 Å². The van der Waals surface area contributed by atoms with Gasteiger partial charge in [0.05, 0.1) is 12.2 Å². The van der Waals surface area contributed by atoms with E-state index in [4.69, 9.17) is 10.4 Å². The highest BCUT2D eigenvalue weighted by atomic mass is 32.2. The second-order valence-electron chi connectivity index (χ2n) is 5.37. The fourth-order valence-corrected chi connectivity index (χ4v) is 2.43. The van der Waals surface area contributed by atoms with Crippen molar-refractivity contribution in [2.75, 3.05) is 17.2 Å². The maximum atomic E-state index is 9.07. The SMILES string of the molecule is CC(=NCc1cccc(N(O)O)c1)c1cccc(N(C)C(S)S)c1. The van der Waals surface area contributed by atoms with Crippen LogP contribution < -0.4 is 10.1 Å².